The van der Waals surface area contributed by atoms with Crippen molar-refractivity contribution in [3.8, 4) is 0 Å². The minimum absolute atomic E-state index is 0.494. The van der Waals surface area contributed by atoms with E-state index in [1.54, 1.807) is 0 Å². The van der Waals surface area contributed by atoms with Gasteiger partial charge < -0.3 is 15.5 Å². The molecule has 2 N–H and O–H groups in total. The second kappa shape index (κ2) is 5.25. The molecule has 1 unspecified atom stereocenters. The van der Waals surface area contributed by atoms with E-state index in [4.69, 9.17) is 17.3 Å². The van der Waals surface area contributed by atoms with Crippen LogP contribution in [0.15, 0.2) is 18.2 Å². The summed E-state index contributed by atoms with van der Waals surface area (Å²) in [4.78, 5) is 4.77. The van der Waals surface area contributed by atoms with Crippen molar-refractivity contribution in [2.24, 2.45) is 5.73 Å². The fraction of sp³-hybridized carbons (Fsp3) is 0.538. The molecule has 17 heavy (non-hydrogen) atoms. The van der Waals surface area contributed by atoms with Crippen LogP contribution in [0.25, 0.3) is 0 Å². The molecule has 2 rings (SSSR count). The molecule has 0 aliphatic carbocycles. The quantitative estimate of drug-likeness (QED) is 0.874. The lowest BCUT2D eigenvalue weighted by Crippen LogP contribution is -2.50. The maximum Gasteiger partial charge on any atom is 0.0471 e. The van der Waals surface area contributed by atoms with Crippen LogP contribution in [-0.4, -0.2) is 37.6 Å². The summed E-state index contributed by atoms with van der Waals surface area (Å²) in [5.74, 6) is 0. The van der Waals surface area contributed by atoms with Crippen LogP contribution in [0.4, 0.5) is 5.69 Å². The van der Waals surface area contributed by atoms with Gasteiger partial charge in [0.1, 0.15) is 0 Å². The van der Waals surface area contributed by atoms with Crippen molar-refractivity contribution in [2.75, 3.05) is 31.6 Å². The van der Waals surface area contributed by atoms with Crippen LogP contribution in [0.1, 0.15) is 12.5 Å². The number of likely N-dealkylation sites (N-methyl/N-ethyl adjacent to an activating group) is 1. The second-order valence-electron chi connectivity index (χ2n) is 4.75. The van der Waals surface area contributed by atoms with Crippen LogP contribution in [0.5, 0.6) is 0 Å². The zero-order valence-corrected chi connectivity index (χ0v) is 11.2. The van der Waals surface area contributed by atoms with Gasteiger partial charge in [0, 0.05) is 48.5 Å². The molecule has 0 radical (unpaired) electrons. The molecule has 3 nitrogen and oxygen atoms in total. The Morgan fingerprint density at radius 3 is 2.82 bits per heavy atom. The van der Waals surface area contributed by atoms with Crippen LogP contribution in [0.3, 0.4) is 0 Å². The number of rotatable bonds is 2. The lowest BCUT2D eigenvalue weighted by Gasteiger charge is -2.40. The van der Waals surface area contributed by atoms with E-state index in [9.17, 15) is 0 Å². The van der Waals surface area contributed by atoms with E-state index >= 15 is 0 Å². The molecule has 1 atom stereocenters. The first kappa shape index (κ1) is 12.7. The van der Waals surface area contributed by atoms with E-state index < -0.39 is 0 Å². The Morgan fingerprint density at radius 1 is 1.41 bits per heavy atom. The molecule has 1 heterocycles. The van der Waals surface area contributed by atoms with Gasteiger partial charge in [-0.1, -0.05) is 17.7 Å². The van der Waals surface area contributed by atoms with Crippen LogP contribution in [-0.2, 0) is 6.54 Å². The number of benzene rings is 1. The lowest BCUT2D eigenvalue weighted by molar-refractivity contribution is 0.275. The van der Waals surface area contributed by atoms with Crippen LogP contribution >= 0.6 is 11.6 Å². The summed E-state index contributed by atoms with van der Waals surface area (Å²) in [5, 5.41) is 0.774. The molecule has 0 bridgehead atoms. The number of nitrogens with two attached hydrogens (primary N) is 1. The topological polar surface area (TPSA) is 32.5 Å². The molecular weight excluding hydrogens is 234 g/mol. The van der Waals surface area contributed by atoms with Crippen molar-refractivity contribution < 1.29 is 0 Å². The maximum atomic E-state index is 6.21. The third kappa shape index (κ3) is 2.57. The largest absolute Gasteiger partial charge is 0.366 e. The highest BCUT2D eigenvalue weighted by Crippen LogP contribution is 2.29. The lowest BCUT2D eigenvalue weighted by atomic mass is 10.1. The van der Waals surface area contributed by atoms with Gasteiger partial charge in [-0.15, -0.1) is 0 Å². The van der Waals surface area contributed by atoms with Crippen molar-refractivity contribution in [1.82, 2.24) is 4.90 Å². The van der Waals surface area contributed by atoms with Gasteiger partial charge in [-0.3, -0.25) is 0 Å². The number of hydrogen-bond acceptors (Lipinski definition) is 3. The van der Waals surface area contributed by atoms with E-state index in [0.717, 1.165) is 30.2 Å². The molecule has 4 heteroatoms. The van der Waals surface area contributed by atoms with Crippen molar-refractivity contribution in [2.45, 2.75) is 19.5 Å². The smallest absolute Gasteiger partial charge is 0.0471 e. The summed E-state index contributed by atoms with van der Waals surface area (Å²) in [6, 6.07) is 6.53. The second-order valence-corrected chi connectivity index (χ2v) is 5.15. The summed E-state index contributed by atoms with van der Waals surface area (Å²) in [6.07, 6.45) is 0. The fourth-order valence-electron chi connectivity index (χ4n) is 2.52. The van der Waals surface area contributed by atoms with Gasteiger partial charge in [0.25, 0.3) is 0 Å². The van der Waals surface area contributed by atoms with Crippen LogP contribution < -0.4 is 10.6 Å². The Bertz CT molecular complexity index is 394. The van der Waals surface area contributed by atoms with Crippen molar-refractivity contribution >= 4 is 17.3 Å². The molecule has 1 aliphatic rings. The number of halogens is 1. The molecule has 1 aromatic carbocycles. The summed E-state index contributed by atoms with van der Waals surface area (Å²) < 4.78 is 0. The van der Waals surface area contributed by atoms with E-state index in [2.05, 4.69) is 29.8 Å². The standard InChI is InChI=1S/C13H20ClN3/c1-10-9-16(2)6-7-17(10)13-5-3-4-12(14)11(13)8-15/h3-5,10H,6-9,15H2,1-2H3. The van der Waals surface area contributed by atoms with Crippen LogP contribution in [0, 0.1) is 0 Å². The molecular formula is C13H20ClN3. The van der Waals surface area contributed by atoms with E-state index in [1.807, 2.05) is 12.1 Å². The molecule has 1 aromatic rings. The SMILES string of the molecule is CC1CN(C)CCN1c1cccc(Cl)c1CN. The highest BCUT2D eigenvalue weighted by atomic mass is 35.5. The van der Waals surface area contributed by atoms with Gasteiger partial charge >= 0.3 is 0 Å². The first-order chi connectivity index (χ1) is 8.13. The van der Waals surface area contributed by atoms with Gasteiger partial charge in [0.05, 0.1) is 0 Å². The van der Waals surface area contributed by atoms with Gasteiger partial charge in [-0.25, -0.2) is 0 Å². The summed E-state index contributed by atoms with van der Waals surface area (Å²) in [5.41, 5.74) is 8.07. The predicted octanol–water partition coefficient (Wildman–Crippen LogP) is 1.94. The number of nitrogens with zero attached hydrogens (tertiary/aromatic N) is 2. The predicted molar refractivity (Wildman–Crippen MR) is 73.6 cm³/mol. The molecule has 1 aliphatic heterocycles. The highest BCUT2D eigenvalue weighted by Gasteiger charge is 2.23. The summed E-state index contributed by atoms with van der Waals surface area (Å²) in [7, 11) is 2.16. The van der Waals surface area contributed by atoms with Gasteiger partial charge in [0.15, 0.2) is 0 Å². The molecule has 1 fully saturated rings. The Morgan fingerprint density at radius 2 is 2.18 bits per heavy atom. The van der Waals surface area contributed by atoms with E-state index in [-0.39, 0.29) is 0 Å². The van der Waals surface area contributed by atoms with Crippen molar-refractivity contribution in [1.29, 1.82) is 0 Å². The van der Waals surface area contributed by atoms with Gasteiger partial charge in [-0.05, 0) is 26.1 Å². The third-order valence-electron chi connectivity index (χ3n) is 3.44. The number of piperazine rings is 1. The minimum Gasteiger partial charge on any atom is -0.366 e. The van der Waals surface area contributed by atoms with E-state index in [0.29, 0.717) is 12.6 Å². The van der Waals surface area contributed by atoms with Crippen molar-refractivity contribution in [3.63, 3.8) is 0 Å². The third-order valence-corrected chi connectivity index (χ3v) is 3.79. The average Bonchev–Trinajstić information content (AvgIpc) is 2.29. The Balaban J connectivity index is 2.30. The van der Waals surface area contributed by atoms with Gasteiger partial charge in [0.2, 0.25) is 0 Å². The van der Waals surface area contributed by atoms with Gasteiger partial charge in [-0.2, -0.15) is 0 Å². The number of anilines is 1. The molecule has 1 saturated heterocycles. The molecule has 0 saturated carbocycles. The Kier molecular flexibility index (Phi) is 3.92. The summed E-state index contributed by atoms with van der Waals surface area (Å²) in [6.45, 7) is 5.94. The molecule has 0 amide bonds. The minimum atomic E-state index is 0.494. The average molecular weight is 254 g/mol. The number of hydrogen-bond donors (Lipinski definition) is 1. The van der Waals surface area contributed by atoms with E-state index in [1.165, 1.54) is 5.69 Å². The maximum absolute atomic E-state index is 6.21. The first-order valence-corrected chi connectivity index (χ1v) is 6.44. The Labute approximate surface area is 108 Å². The zero-order valence-electron chi connectivity index (χ0n) is 10.5. The first-order valence-electron chi connectivity index (χ1n) is 6.06. The zero-order chi connectivity index (χ0) is 12.4. The normalized spacial score (nSPS) is 21.9. The molecule has 0 spiro atoms. The highest BCUT2D eigenvalue weighted by molar-refractivity contribution is 6.31. The molecule has 94 valence electrons. The molecule has 0 aromatic heterocycles. The Hall–Kier alpha value is -0.770. The van der Waals surface area contributed by atoms with Crippen LogP contribution in [0.2, 0.25) is 5.02 Å². The monoisotopic (exact) mass is 253 g/mol. The van der Waals surface area contributed by atoms with Crippen molar-refractivity contribution in [3.05, 3.63) is 28.8 Å². The fourth-order valence-corrected chi connectivity index (χ4v) is 2.76. The summed E-state index contributed by atoms with van der Waals surface area (Å²) >= 11 is 6.21.